The average Bonchev–Trinajstić information content (AvgIpc) is 2.64. The highest BCUT2D eigenvalue weighted by Gasteiger charge is 2.32. The summed E-state index contributed by atoms with van der Waals surface area (Å²) in [6, 6.07) is 4.82. The van der Waals surface area contributed by atoms with E-state index in [0.717, 1.165) is 12.8 Å². The van der Waals surface area contributed by atoms with Crippen molar-refractivity contribution in [3.05, 3.63) is 24.3 Å². The molecule has 1 atom stereocenters. The molecule has 3 rings (SSSR count). The van der Waals surface area contributed by atoms with Crippen LogP contribution >= 0.6 is 0 Å². The van der Waals surface area contributed by atoms with Gasteiger partial charge < -0.3 is 15.0 Å². The van der Waals surface area contributed by atoms with Crippen LogP contribution in [0.15, 0.2) is 24.3 Å². The lowest BCUT2D eigenvalue weighted by atomic mass is 10.0. The maximum Gasteiger partial charge on any atom is 0.387 e. The number of piperidine rings is 1. The van der Waals surface area contributed by atoms with Gasteiger partial charge in [0.2, 0.25) is 5.91 Å². The van der Waals surface area contributed by atoms with Crippen molar-refractivity contribution in [1.29, 1.82) is 0 Å². The SMILES string of the molecule is O=C(NC1CCCN(c2ccc(OC(F)F)cc2)C1=O)N1CCCCO1. The van der Waals surface area contributed by atoms with Crippen LogP contribution in [0.25, 0.3) is 0 Å². The topological polar surface area (TPSA) is 71.1 Å². The normalized spacial score (nSPS) is 21.0. The molecular formula is C17H21F2N3O4. The Hall–Kier alpha value is -2.42. The quantitative estimate of drug-likeness (QED) is 0.885. The van der Waals surface area contributed by atoms with E-state index in [-0.39, 0.29) is 11.7 Å². The summed E-state index contributed by atoms with van der Waals surface area (Å²) < 4.78 is 28.8. The zero-order valence-corrected chi connectivity index (χ0v) is 14.2. The standard InChI is InChI=1S/C17H21F2N3O4/c18-16(19)26-13-7-5-12(6-8-13)21-9-3-4-14(15(21)23)20-17(24)22-10-1-2-11-25-22/h5-8,14,16H,1-4,9-11H2,(H,20,24). The summed E-state index contributed by atoms with van der Waals surface area (Å²) in [5, 5.41) is 3.98. The number of halogens is 2. The first-order valence-corrected chi connectivity index (χ1v) is 8.62. The van der Waals surface area contributed by atoms with Gasteiger partial charge in [-0.25, -0.2) is 9.86 Å². The van der Waals surface area contributed by atoms with Gasteiger partial charge in [-0.15, -0.1) is 0 Å². The molecule has 0 saturated carbocycles. The maximum absolute atomic E-state index is 12.7. The van der Waals surface area contributed by atoms with Crippen molar-refractivity contribution in [2.45, 2.75) is 38.3 Å². The third-order valence-corrected chi connectivity index (χ3v) is 4.34. The second-order valence-corrected chi connectivity index (χ2v) is 6.15. The van der Waals surface area contributed by atoms with Crippen molar-refractivity contribution in [3.63, 3.8) is 0 Å². The van der Waals surface area contributed by atoms with Crippen LogP contribution < -0.4 is 15.0 Å². The molecule has 0 aliphatic carbocycles. The van der Waals surface area contributed by atoms with E-state index in [1.54, 1.807) is 12.1 Å². The van der Waals surface area contributed by atoms with Crippen LogP contribution in [-0.4, -0.2) is 49.4 Å². The van der Waals surface area contributed by atoms with Crippen molar-refractivity contribution < 1.29 is 27.9 Å². The van der Waals surface area contributed by atoms with Crippen LogP contribution in [0.1, 0.15) is 25.7 Å². The Bertz CT molecular complexity index is 635. The molecule has 26 heavy (non-hydrogen) atoms. The number of alkyl halides is 2. The minimum absolute atomic E-state index is 0.0281. The third kappa shape index (κ3) is 4.40. The molecule has 9 heteroatoms. The van der Waals surface area contributed by atoms with Crippen LogP contribution in [0.2, 0.25) is 0 Å². The van der Waals surface area contributed by atoms with Crippen LogP contribution in [0.4, 0.5) is 19.3 Å². The number of rotatable bonds is 4. The average molecular weight is 369 g/mol. The van der Waals surface area contributed by atoms with E-state index in [0.29, 0.717) is 38.2 Å². The van der Waals surface area contributed by atoms with Gasteiger partial charge in [-0.3, -0.25) is 9.63 Å². The van der Waals surface area contributed by atoms with E-state index in [2.05, 4.69) is 10.1 Å². The van der Waals surface area contributed by atoms with Gasteiger partial charge >= 0.3 is 12.6 Å². The number of carbonyl (C=O) groups excluding carboxylic acids is 2. The fourth-order valence-corrected chi connectivity index (χ4v) is 3.05. The van der Waals surface area contributed by atoms with Gasteiger partial charge in [0.15, 0.2) is 0 Å². The highest BCUT2D eigenvalue weighted by Crippen LogP contribution is 2.24. The number of amides is 3. The number of anilines is 1. The number of benzene rings is 1. The van der Waals surface area contributed by atoms with Crippen LogP contribution in [0.5, 0.6) is 5.75 Å². The Labute approximate surface area is 149 Å². The molecule has 2 saturated heterocycles. The number of hydroxylamine groups is 2. The second-order valence-electron chi connectivity index (χ2n) is 6.15. The van der Waals surface area contributed by atoms with Gasteiger partial charge in [0, 0.05) is 12.2 Å². The van der Waals surface area contributed by atoms with Crippen LogP contribution in [0.3, 0.4) is 0 Å². The summed E-state index contributed by atoms with van der Waals surface area (Å²) in [5.74, 6) is -0.204. The lowest BCUT2D eigenvalue weighted by Gasteiger charge is -2.34. The Morgan fingerprint density at radius 2 is 1.96 bits per heavy atom. The largest absolute Gasteiger partial charge is 0.435 e. The molecule has 142 valence electrons. The number of ether oxygens (including phenoxy) is 1. The molecule has 2 aliphatic rings. The molecule has 0 bridgehead atoms. The van der Waals surface area contributed by atoms with Gasteiger partial charge in [0.05, 0.1) is 13.2 Å². The molecule has 0 radical (unpaired) electrons. The first-order valence-electron chi connectivity index (χ1n) is 8.62. The Balaban J connectivity index is 1.62. The minimum Gasteiger partial charge on any atom is -0.435 e. The number of nitrogens with one attached hydrogen (secondary N) is 1. The summed E-state index contributed by atoms with van der Waals surface area (Å²) in [6.07, 6.45) is 3.03. The fraction of sp³-hybridized carbons (Fsp3) is 0.529. The molecule has 1 aromatic rings. The molecule has 0 spiro atoms. The summed E-state index contributed by atoms with van der Waals surface area (Å²) in [7, 11) is 0. The zero-order valence-electron chi connectivity index (χ0n) is 14.2. The summed E-state index contributed by atoms with van der Waals surface area (Å²) >= 11 is 0. The van der Waals surface area contributed by atoms with Gasteiger partial charge in [0.25, 0.3) is 0 Å². The van der Waals surface area contributed by atoms with E-state index in [1.165, 1.54) is 22.1 Å². The van der Waals surface area contributed by atoms with Gasteiger partial charge in [0.1, 0.15) is 11.8 Å². The minimum atomic E-state index is -2.89. The van der Waals surface area contributed by atoms with Crippen LogP contribution in [0, 0.1) is 0 Å². The number of hydrogen-bond acceptors (Lipinski definition) is 4. The zero-order chi connectivity index (χ0) is 18.5. The molecule has 1 unspecified atom stereocenters. The number of nitrogens with zero attached hydrogens (tertiary/aromatic N) is 2. The third-order valence-electron chi connectivity index (χ3n) is 4.34. The summed E-state index contributed by atoms with van der Waals surface area (Å²) in [6.45, 7) is -1.40. The molecule has 2 aliphatic heterocycles. The summed E-state index contributed by atoms with van der Waals surface area (Å²) in [4.78, 5) is 31.8. The first kappa shape index (κ1) is 18.4. The fourth-order valence-electron chi connectivity index (χ4n) is 3.05. The second kappa shape index (κ2) is 8.31. The highest BCUT2D eigenvalue weighted by atomic mass is 19.3. The van der Waals surface area contributed by atoms with E-state index in [1.807, 2.05) is 0 Å². The molecule has 1 N–H and O–H groups in total. The highest BCUT2D eigenvalue weighted by molar-refractivity contribution is 5.99. The Morgan fingerprint density at radius 1 is 1.19 bits per heavy atom. The lowest BCUT2D eigenvalue weighted by molar-refractivity contribution is -0.141. The molecule has 2 heterocycles. The molecule has 2 fully saturated rings. The van der Waals surface area contributed by atoms with E-state index < -0.39 is 18.7 Å². The molecular weight excluding hydrogens is 348 g/mol. The lowest BCUT2D eigenvalue weighted by Crippen LogP contribution is -2.55. The summed E-state index contributed by atoms with van der Waals surface area (Å²) in [5.41, 5.74) is 0.574. The number of hydrogen-bond donors (Lipinski definition) is 1. The van der Waals surface area contributed by atoms with Crippen LogP contribution in [-0.2, 0) is 9.63 Å². The molecule has 0 aromatic heterocycles. The van der Waals surface area contributed by atoms with Crippen molar-refractivity contribution >= 4 is 17.6 Å². The van der Waals surface area contributed by atoms with Gasteiger partial charge in [-0.1, -0.05) is 0 Å². The maximum atomic E-state index is 12.7. The predicted molar refractivity (Wildman–Crippen MR) is 88.9 cm³/mol. The van der Waals surface area contributed by atoms with Crippen molar-refractivity contribution in [2.24, 2.45) is 0 Å². The number of carbonyl (C=O) groups is 2. The first-order chi connectivity index (χ1) is 12.5. The molecule has 1 aromatic carbocycles. The Morgan fingerprint density at radius 3 is 2.62 bits per heavy atom. The van der Waals surface area contributed by atoms with Gasteiger partial charge in [-0.05, 0) is 49.9 Å². The molecule has 3 amide bonds. The van der Waals surface area contributed by atoms with Crippen molar-refractivity contribution in [3.8, 4) is 5.75 Å². The smallest absolute Gasteiger partial charge is 0.387 e. The van der Waals surface area contributed by atoms with Crippen molar-refractivity contribution in [1.82, 2.24) is 10.4 Å². The van der Waals surface area contributed by atoms with E-state index in [9.17, 15) is 18.4 Å². The van der Waals surface area contributed by atoms with E-state index >= 15 is 0 Å². The monoisotopic (exact) mass is 369 g/mol. The molecule has 7 nitrogen and oxygen atoms in total. The number of urea groups is 1. The van der Waals surface area contributed by atoms with Gasteiger partial charge in [-0.2, -0.15) is 8.78 Å². The van der Waals surface area contributed by atoms with E-state index in [4.69, 9.17) is 4.84 Å². The van der Waals surface area contributed by atoms with Crippen molar-refractivity contribution in [2.75, 3.05) is 24.6 Å². The predicted octanol–water partition coefficient (Wildman–Crippen LogP) is 2.52. The Kier molecular flexibility index (Phi) is 5.87.